The summed E-state index contributed by atoms with van der Waals surface area (Å²) in [5.74, 6) is -1.17. The van der Waals surface area contributed by atoms with Crippen LogP contribution in [0.25, 0.3) is 16.8 Å². The van der Waals surface area contributed by atoms with Crippen molar-refractivity contribution >= 4 is 69.4 Å². The Bertz CT molecular complexity index is 2060. The zero-order valence-corrected chi connectivity index (χ0v) is 26.7. The summed E-state index contributed by atoms with van der Waals surface area (Å²) in [6, 6.07) is 38.4. The first kappa shape index (κ1) is 32.0. The molecule has 0 saturated carbocycles. The van der Waals surface area contributed by atoms with Crippen molar-refractivity contribution in [2.75, 3.05) is 10.3 Å². The summed E-state index contributed by atoms with van der Waals surface area (Å²) in [4.78, 5) is 53.1. The number of hydrazone groups is 1. The molecule has 10 heteroatoms. The van der Waals surface area contributed by atoms with E-state index in [0.717, 1.165) is 21.2 Å². The number of amidine groups is 1. The number of thioether (sulfide) groups is 1. The van der Waals surface area contributed by atoms with Gasteiger partial charge in [0.1, 0.15) is 11.5 Å². The Hall–Kier alpha value is -6.00. The van der Waals surface area contributed by atoms with E-state index in [9.17, 15) is 19.2 Å². The molecule has 5 aromatic carbocycles. The lowest BCUT2D eigenvalue weighted by Crippen LogP contribution is -2.35. The van der Waals surface area contributed by atoms with E-state index in [2.05, 4.69) is 21.1 Å². The minimum absolute atomic E-state index is 0.00499. The van der Waals surface area contributed by atoms with Crippen molar-refractivity contribution < 1.29 is 19.2 Å². The zero-order valence-electron chi connectivity index (χ0n) is 25.9. The molecule has 1 atom stereocenters. The van der Waals surface area contributed by atoms with Gasteiger partial charge in [-0.15, -0.1) is 11.8 Å². The summed E-state index contributed by atoms with van der Waals surface area (Å²) in [5, 5.41) is 15.4. The minimum atomic E-state index is -0.536. The summed E-state index contributed by atoms with van der Waals surface area (Å²) < 4.78 is 0. The highest BCUT2D eigenvalue weighted by atomic mass is 32.2. The number of para-hydroxylation sites is 1. The maximum Gasteiger partial charge on any atom is 0.272 e. The van der Waals surface area contributed by atoms with E-state index in [-0.39, 0.29) is 29.8 Å². The molecule has 0 aromatic heterocycles. The molecule has 0 saturated heterocycles. The van der Waals surface area contributed by atoms with Crippen molar-refractivity contribution in [3.63, 3.8) is 0 Å². The van der Waals surface area contributed by atoms with Gasteiger partial charge < -0.3 is 16.0 Å². The van der Waals surface area contributed by atoms with Gasteiger partial charge in [0.2, 0.25) is 5.91 Å². The minimum Gasteiger partial charge on any atom is -0.321 e. The molecular formula is C38H31N5O4S. The van der Waals surface area contributed by atoms with E-state index in [1.807, 2.05) is 72.8 Å². The summed E-state index contributed by atoms with van der Waals surface area (Å²) in [7, 11) is 0. The molecule has 4 amide bonds. The first-order chi connectivity index (χ1) is 23.3. The number of nitrogens with one attached hydrogen (secondary N) is 3. The number of carbonyl (C=O) groups excluding carboxylic acids is 4. The maximum absolute atomic E-state index is 13.7. The highest BCUT2D eigenvalue weighted by molar-refractivity contribution is 8.00. The second kappa shape index (κ2) is 14.6. The van der Waals surface area contributed by atoms with Gasteiger partial charge >= 0.3 is 0 Å². The molecule has 5 aromatic rings. The smallest absolute Gasteiger partial charge is 0.272 e. The fraction of sp³-hybridized carbons (Fsp3) is 0.0789. The second-order valence-corrected chi connectivity index (χ2v) is 12.4. The summed E-state index contributed by atoms with van der Waals surface area (Å²) in [6.07, 6.45) is 1.66. The first-order valence-electron chi connectivity index (χ1n) is 15.2. The molecular weight excluding hydrogens is 623 g/mol. The van der Waals surface area contributed by atoms with Gasteiger partial charge in [-0.2, -0.15) is 10.1 Å². The van der Waals surface area contributed by atoms with E-state index in [4.69, 9.17) is 0 Å². The molecule has 9 nitrogen and oxygen atoms in total. The number of hydrogen-bond acceptors (Lipinski definition) is 6. The standard InChI is InChI=1S/C38H31N5O4S/c1-25(36(45)41-34-24-35(44)43(42-34)30-18-6-3-7-19-30)48-31-20-11-17-29(23-31)39-38(47)33(40-37(46)27-13-4-2-5-14-27)22-28-16-10-15-26-12-8-9-21-32(26)28/h2-23,25H,24H2,1H3,(H,39,47)(H,40,46)(H,41,42,45)/b33-22+. The molecule has 238 valence electrons. The molecule has 6 rings (SSSR count). The lowest BCUT2D eigenvalue weighted by Gasteiger charge is -2.14. The van der Waals surface area contributed by atoms with E-state index in [1.165, 1.54) is 16.8 Å². The van der Waals surface area contributed by atoms with Gasteiger partial charge in [-0.05, 0) is 71.8 Å². The Morgan fingerprint density at radius 1 is 0.812 bits per heavy atom. The van der Waals surface area contributed by atoms with Crippen LogP contribution in [0.5, 0.6) is 0 Å². The number of fused-ring (bicyclic) bond motifs is 1. The van der Waals surface area contributed by atoms with Crippen LogP contribution in [-0.2, 0) is 14.4 Å². The third-order valence-electron chi connectivity index (χ3n) is 7.47. The fourth-order valence-electron chi connectivity index (χ4n) is 5.09. The average Bonchev–Trinajstić information content (AvgIpc) is 3.48. The number of carbonyl (C=O) groups is 4. The van der Waals surface area contributed by atoms with Crippen LogP contribution in [0.3, 0.4) is 0 Å². The lowest BCUT2D eigenvalue weighted by atomic mass is 10.0. The van der Waals surface area contributed by atoms with Crippen LogP contribution in [0, 0.1) is 0 Å². The monoisotopic (exact) mass is 653 g/mol. The highest BCUT2D eigenvalue weighted by Crippen LogP contribution is 2.27. The quantitative estimate of drug-likeness (QED) is 0.122. The van der Waals surface area contributed by atoms with Crippen LogP contribution in [0.1, 0.15) is 29.3 Å². The highest BCUT2D eigenvalue weighted by Gasteiger charge is 2.27. The van der Waals surface area contributed by atoms with Crippen molar-refractivity contribution in [2.24, 2.45) is 5.10 Å². The summed E-state index contributed by atoms with van der Waals surface area (Å²) in [6.45, 7) is 1.75. The number of hydrogen-bond donors (Lipinski definition) is 3. The van der Waals surface area contributed by atoms with Crippen molar-refractivity contribution in [1.29, 1.82) is 0 Å². The van der Waals surface area contributed by atoms with Gasteiger partial charge in [0.15, 0.2) is 0 Å². The Balaban J connectivity index is 1.16. The number of rotatable bonds is 9. The van der Waals surface area contributed by atoms with Gasteiger partial charge in [0, 0.05) is 16.1 Å². The predicted molar refractivity (Wildman–Crippen MR) is 190 cm³/mol. The molecule has 48 heavy (non-hydrogen) atoms. The van der Waals surface area contributed by atoms with E-state index >= 15 is 0 Å². The fourth-order valence-corrected chi connectivity index (χ4v) is 6.02. The van der Waals surface area contributed by atoms with Crippen LogP contribution < -0.4 is 21.0 Å². The molecule has 1 unspecified atom stereocenters. The van der Waals surface area contributed by atoms with Crippen molar-refractivity contribution in [2.45, 2.75) is 23.5 Å². The number of amides is 4. The van der Waals surface area contributed by atoms with Gasteiger partial charge in [-0.25, -0.2) is 0 Å². The molecule has 1 aliphatic heterocycles. The number of nitrogens with zero attached hydrogens (tertiary/aromatic N) is 2. The Labute approximate surface area is 281 Å². The first-order valence-corrected chi connectivity index (χ1v) is 16.1. The number of anilines is 2. The van der Waals surface area contributed by atoms with Crippen LogP contribution in [-0.4, -0.2) is 34.7 Å². The van der Waals surface area contributed by atoms with Gasteiger partial charge in [-0.3, -0.25) is 19.2 Å². The second-order valence-electron chi connectivity index (χ2n) is 10.9. The third-order valence-corrected chi connectivity index (χ3v) is 8.56. The Morgan fingerprint density at radius 2 is 1.50 bits per heavy atom. The maximum atomic E-state index is 13.7. The SMILES string of the molecule is CC(Sc1cccc(NC(=O)/C(=C\c2cccc3ccccc23)NC(=O)c2ccccc2)c1)C(=O)NC1=NN(c2ccccc2)C(=O)C1. The molecule has 1 aliphatic rings. The van der Waals surface area contributed by atoms with E-state index in [0.29, 0.717) is 16.9 Å². The molecule has 0 aliphatic carbocycles. The van der Waals surface area contributed by atoms with Crippen molar-refractivity contribution in [3.05, 3.63) is 144 Å². The summed E-state index contributed by atoms with van der Waals surface area (Å²) in [5.41, 5.74) is 2.38. The molecule has 0 fully saturated rings. The average molecular weight is 654 g/mol. The third kappa shape index (κ3) is 7.68. The van der Waals surface area contributed by atoms with Gasteiger partial charge in [0.25, 0.3) is 17.7 Å². The lowest BCUT2D eigenvalue weighted by molar-refractivity contribution is -0.119. The Morgan fingerprint density at radius 3 is 2.29 bits per heavy atom. The molecule has 3 N–H and O–H groups in total. The van der Waals surface area contributed by atoms with Crippen LogP contribution in [0.2, 0.25) is 0 Å². The van der Waals surface area contributed by atoms with Crippen molar-refractivity contribution in [3.8, 4) is 0 Å². The Kier molecular flexibility index (Phi) is 9.73. The van der Waals surface area contributed by atoms with Crippen LogP contribution in [0.4, 0.5) is 11.4 Å². The van der Waals surface area contributed by atoms with Gasteiger partial charge in [-0.1, -0.05) is 84.9 Å². The summed E-state index contributed by atoms with van der Waals surface area (Å²) >= 11 is 1.29. The van der Waals surface area contributed by atoms with Gasteiger partial charge in [0.05, 0.1) is 17.4 Å². The van der Waals surface area contributed by atoms with E-state index in [1.54, 1.807) is 67.6 Å². The van der Waals surface area contributed by atoms with Crippen LogP contribution >= 0.6 is 11.8 Å². The van der Waals surface area contributed by atoms with E-state index < -0.39 is 17.1 Å². The number of benzene rings is 5. The topological polar surface area (TPSA) is 120 Å². The van der Waals surface area contributed by atoms with Crippen LogP contribution in [0.15, 0.2) is 143 Å². The molecule has 0 radical (unpaired) electrons. The predicted octanol–water partition coefficient (Wildman–Crippen LogP) is 6.60. The van der Waals surface area contributed by atoms with Crippen molar-refractivity contribution in [1.82, 2.24) is 10.6 Å². The normalized spacial score (nSPS) is 13.5. The zero-order chi connectivity index (χ0) is 33.5. The molecule has 0 spiro atoms. The molecule has 1 heterocycles. The molecule has 0 bridgehead atoms. The largest absolute Gasteiger partial charge is 0.321 e.